The Labute approximate surface area is 128 Å². The van der Waals surface area contributed by atoms with Gasteiger partial charge in [0.15, 0.2) is 17.4 Å². The monoisotopic (exact) mass is 328 g/mol. The van der Waals surface area contributed by atoms with Gasteiger partial charge in [-0.1, -0.05) is 17.7 Å². The zero-order valence-corrected chi connectivity index (χ0v) is 12.5. The zero-order chi connectivity index (χ0) is 15.6. The first-order valence-electron chi connectivity index (χ1n) is 6.05. The summed E-state index contributed by atoms with van der Waals surface area (Å²) in [5, 5.41) is -0.485. The normalized spacial score (nSPS) is 13.7. The fraction of sp³-hybridized carbons (Fsp3) is 0.133. The minimum Gasteiger partial charge on any atom is -0.293 e. The Morgan fingerprint density at radius 1 is 1.14 bits per heavy atom. The molecular formula is C15H11ClF2O2S. The van der Waals surface area contributed by atoms with Gasteiger partial charge in [0.1, 0.15) is 0 Å². The maximum atomic E-state index is 13.2. The number of rotatable bonds is 4. The van der Waals surface area contributed by atoms with Crippen LogP contribution >= 0.6 is 11.6 Å². The second kappa shape index (κ2) is 6.45. The third-order valence-corrected chi connectivity index (χ3v) is 4.73. The van der Waals surface area contributed by atoms with E-state index in [-0.39, 0.29) is 5.56 Å². The number of Topliss-reactive ketones (excluding diaryl/α,β-unsaturated/α-hetero) is 1. The predicted octanol–water partition coefficient (Wildman–Crippen LogP) is 4.00. The molecule has 0 radical (unpaired) electrons. The molecule has 0 spiro atoms. The number of carbonyl (C=O) groups excluding carboxylic acids is 1. The van der Waals surface area contributed by atoms with Crippen LogP contribution < -0.4 is 0 Å². The van der Waals surface area contributed by atoms with Crippen molar-refractivity contribution in [1.82, 2.24) is 0 Å². The van der Waals surface area contributed by atoms with E-state index in [1.165, 1.54) is 19.1 Å². The average Bonchev–Trinajstić information content (AvgIpc) is 2.47. The number of ketones is 1. The average molecular weight is 329 g/mol. The molecule has 110 valence electrons. The highest BCUT2D eigenvalue weighted by Gasteiger charge is 2.23. The largest absolute Gasteiger partial charge is 0.293 e. The molecular weight excluding hydrogens is 318 g/mol. The van der Waals surface area contributed by atoms with Gasteiger partial charge in [-0.25, -0.2) is 8.78 Å². The van der Waals surface area contributed by atoms with Crippen LogP contribution in [0.4, 0.5) is 8.78 Å². The molecule has 0 aliphatic heterocycles. The van der Waals surface area contributed by atoms with Crippen LogP contribution in [0.5, 0.6) is 0 Å². The van der Waals surface area contributed by atoms with Gasteiger partial charge >= 0.3 is 0 Å². The fourth-order valence-electron chi connectivity index (χ4n) is 1.78. The number of hydrogen-bond donors (Lipinski definition) is 0. The topological polar surface area (TPSA) is 34.1 Å². The van der Waals surface area contributed by atoms with Gasteiger partial charge in [-0.15, -0.1) is 0 Å². The summed E-state index contributed by atoms with van der Waals surface area (Å²) in [4.78, 5) is 12.6. The van der Waals surface area contributed by atoms with Crippen molar-refractivity contribution < 1.29 is 17.8 Å². The second-order valence-electron chi connectivity index (χ2n) is 4.39. The van der Waals surface area contributed by atoms with Crippen molar-refractivity contribution in [2.45, 2.75) is 17.1 Å². The van der Waals surface area contributed by atoms with Crippen molar-refractivity contribution in [3.8, 4) is 0 Å². The second-order valence-corrected chi connectivity index (χ2v) is 6.60. The van der Waals surface area contributed by atoms with Gasteiger partial charge in [0.25, 0.3) is 0 Å². The van der Waals surface area contributed by atoms with Crippen LogP contribution in [0.3, 0.4) is 0 Å². The van der Waals surface area contributed by atoms with E-state index in [4.69, 9.17) is 11.6 Å². The summed E-state index contributed by atoms with van der Waals surface area (Å²) < 4.78 is 38.4. The lowest BCUT2D eigenvalue weighted by molar-refractivity contribution is 0.0992. The Hall–Kier alpha value is -1.59. The summed E-state index contributed by atoms with van der Waals surface area (Å²) in [6.45, 7) is 1.47. The van der Waals surface area contributed by atoms with Crippen LogP contribution in [-0.2, 0) is 10.8 Å². The quantitative estimate of drug-likeness (QED) is 0.795. The smallest absolute Gasteiger partial charge is 0.178 e. The first kappa shape index (κ1) is 15.8. The van der Waals surface area contributed by atoms with Gasteiger partial charge < -0.3 is 0 Å². The molecule has 2 aromatic carbocycles. The van der Waals surface area contributed by atoms with Gasteiger partial charge in [-0.05, 0) is 43.3 Å². The fourth-order valence-corrected chi connectivity index (χ4v) is 3.23. The molecule has 0 saturated heterocycles. The lowest BCUT2D eigenvalue weighted by Gasteiger charge is -2.11. The van der Waals surface area contributed by atoms with Gasteiger partial charge in [-0.2, -0.15) is 0 Å². The van der Waals surface area contributed by atoms with Crippen molar-refractivity contribution >= 4 is 28.2 Å². The Kier molecular flexibility index (Phi) is 4.85. The van der Waals surface area contributed by atoms with Crippen molar-refractivity contribution in [3.05, 3.63) is 64.7 Å². The van der Waals surface area contributed by atoms with E-state index in [1.54, 1.807) is 18.2 Å². The number of hydrogen-bond acceptors (Lipinski definition) is 2. The Morgan fingerprint density at radius 2 is 1.86 bits per heavy atom. The van der Waals surface area contributed by atoms with E-state index >= 15 is 0 Å². The van der Waals surface area contributed by atoms with E-state index < -0.39 is 33.5 Å². The molecule has 0 bridgehead atoms. The third kappa shape index (κ3) is 3.54. The molecule has 2 rings (SSSR count). The molecule has 0 amide bonds. The molecule has 2 unspecified atom stereocenters. The van der Waals surface area contributed by atoms with E-state index in [9.17, 15) is 17.8 Å². The first-order chi connectivity index (χ1) is 9.90. The molecule has 0 fully saturated rings. The Bertz CT molecular complexity index is 719. The van der Waals surface area contributed by atoms with Gasteiger partial charge in [0.05, 0.1) is 16.0 Å². The summed E-state index contributed by atoms with van der Waals surface area (Å²) in [6.07, 6.45) is 0. The molecule has 6 heteroatoms. The van der Waals surface area contributed by atoms with E-state index in [1.807, 2.05) is 0 Å². The van der Waals surface area contributed by atoms with E-state index in [0.29, 0.717) is 9.92 Å². The first-order valence-corrected chi connectivity index (χ1v) is 7.64. The van der Waals surface area contributed by atoms with E-state index in [0.717, 1.165) is 12.1 Å². The zero-order valence-electron chi connectivity index (χ0n) is 11.0. The molecule has 0 aliphatic rings. The molecule has 0 heterocycles. The number of carbonyl (C=O) groups is 1. The van der Waals surface area contributed by atoms with Gasteiger partial charge in [-0.3, -0.25) is 9.00 Å². The molecule has 0 saturated carbocycles. The molecule has 0 N–H and O–H groups in total. The maximum absolute atomic E-state index is 13.2. The maximum Gasteiger partial charge on any atom is 0.178 e. The van der Waals surface area contributed by atoms with Crippen LogP contribution in [0.1, 0.15) is 17.3 Å². The molecule has 2 atom stereocenters. The molecule has 21 heavy (non-hydrogen) atoms. The summed E-state index contributed by atoms with van der Waals surface area (Å²) in [5.41, 5.74) is -0.0169. The lowest BCUT2D eigenvalue weighted by Crippen LogP contribution is -2.23. The van der Waals surface area contributed by atoms with Crippen LogP contribution in [-0.4, -0.2) is 15.2 Å². The predicted molar refractivity (Wildman–Crippen MR) is 78.0 cm³/mol. The Morgan fingerprint density at radius 3 is 2.48 bits per heavy atom. The molecule has 2 nitrogen and oxygen atoms in total. The standard InChI is InChI=1S/C15H11ClF2O2S/c1-9(21(20)12-4-2-3-11(16)8-12)15(19)10-5-6-13(17)14(18)7-10/h2-9H,1H3. The van der Waals surface area contributed by atoms with Crippen molar-refractivity contribution in [1.29, 1.82) is 0 Å². The summed E-state index contributed by atoms with van der Waals surface area (Å²) in [5.74, 6) is -2.66. The molecule has 2 aromatic rings. The van der Waals surface area contributed by atoms with Crippen molar-refractivity contribution in [3.63, 3.8) is 0 Å². The summed E-state index contributed by atoms with van der Waals surface area (Å²) in [6, 6.07) is 9.21. The minimum atomic E-state index is -1.63. The van der Waals surface area contributed by atoms with Crippen LogP contribution in [0, 0.1) is 11.6 Å². The third-order valence-electron chi connectivity index (χ3n) is 2.92. The lowest BCUT2D eigenvalue weighted by atomic mass is 10.1. The number of benzene rings is 2. The highest BCUT2D eigenvalue weighted by Crippen LogP contribution is 2.19. The molecule has 0 aromatic heterocycles. The molecule has 0 aliphatic carbocycles. The summed E-state index contributed by atoms with van der Waals surface area (Å²) in [7, 11) is -1.63. The van der Waals surface area contributed by atoms with Crippen molar-refractivity contribution in [2.24, 2.45) is 0 Å². The minimum absolute atomic E-state index is 0.0169. The SMILES string of the molecule is CC(C(=O)c1ccc(F)c(F)c1)S(=O)c1cccc(Cl)c1. The number of halogens is 3. The summed E-state index contributed by atoms with van der Waals surface area (Å²) >= 11 is 5.82. The van der Waals surface area contributed by atoms with Crippen LogP contribution in [0.15, 0.2) is 47.4 Å². The highest BCUT2D eigenvalue weighted by molar-refractivity contribution is 7.86. The van der Waals surface area contributed by atoms with E-state index in [2.05, 4.69) is 0 Å². The Balaban J connectivity index is 2.26. The van der Waals surface area contributed by atoms with Gasteiger partial charge in [0.2, 0.25) is 0 Å². The van der Waals surface area contributed by atoms with Gasteiger partial charge in [0, 0.05) is 15.5 Å². The van der Waals surface area contributed by atoms with Crippen LogP contribution in [0.2, 0.25) is 5.02 Å². The van der Waals surface area contributed by atoms with Crippen LogP contribution in [0.25, 0.3) is 0 Å². The van der Waals surface area contributed by atoms with Crippen molar-refractivity contribution in [2.75, 3.05) is 0 Å². The highest BCUT2D eigenvalue weighted by atomic mass is 35.5.